The number of nitrogens with one attached hydrogen (secondary N) is 1. The lowest BCUT2D eigenvalue weighted by Crippen LogP contribution is -2.41. The molecule has 98 valence electrons. The number of nitrogens with two attached hydrogens (primary N) is 1. The predicted octanol–water partition coefficient (Wildman–Crippen LogP) is 2.58. The molecule has 0 radical (unpaired) electrons. The van der Waals surface area contributed by atoms with E-state index in [2.05, 4.69) is 10.3 Å². The first-order chi connectivity index (χ1) is 8.08. The number of urea groups is 1. The fraction of sp³-hybridized carbons (Fsp3) is 0.200. The third kappa shape index (κ3) is 3.19. The molecule has 3 N–H and O–H groups in total. The van der Waals surface area contributed by atoms with Crippen LogP contribution in [0.2, 0.25) is 10.0 Å². The van der Waals surface area contributed by atoms with E-state index in [9.17, 15) is 4.79 Å². The highest BCUT2D eigenvalue weighted by molar-refractivity contribution is 6.35. The van der Waals surface area contributed by atoms with Gasteiger partial charge in [-0.1, -0.05) is 23.2 Å². The molecule has 0 bridgehead atoms. The van der Waals surface area contributed by atoms with E-state index in [1.165, 1.54) is 4.90 Å². The minimum atomic E-state index is -0.368. The van der Waals surface area contributed by atoms with Gasteiger partial charge in [0.15, 0.2) is 5.96 Å². The average molecular weight is 310 g/mol. The molecular weight excluding hydrogens is 298 g/mol. The highest BCUT2D eigenvalue weighted by Gasteiger charge is 2.21. The van der Waals surface area contributed by atoms with Crippen molar-refractivity contribution in [1.82, 2.24) is 4.90 Å². The van der Waals surface area contributed by atoms with Crippen LogP contribution in [0.25, 0.3) is 0 Å². The van der Waals surface area contributed by atoms with Crippen molar-refractivity contribution in [3.8, 4) is 0 Å². The standard InChI is InChI=1S/C10H10Cl2N4O.ClH/c11-6-1-2-7(12)8(5-6)15-10(17)16-4-3-14-9(16)13;/h1-2,5H,3-4H2,(H2,13,14)(H,15,17);1H. The Labute approximate surface area is 120 Å². The van der Waals surface area contributed by atoms with Gasteiger partial charge < -0.3 is 11.1 Å². The van der Waals surface area contributed by atoms with Crippen LogP contribution in [0.4, 0.5) is 10.5 Å². The summed E-state index contributed by atoms with van der Waals surface area (Å²) >= 11 is 11.7. The number of guanidine groups is 1. The van der Waals surface area contributed by atoms with Gasteiger partial charge in [-0.05, 0) is 18.2 Å². The van der Waals surface area contributed by atoms with Crippen LogP contribution >= 0.6 is 35.6 Å². The van der Waals surface area contributed by atoms with Crippen molar-refractivity contribution < 1.29 is 4.79 Å². The zero-order valence-corrected chi connectivity index (χ0v) is 11.5. The van der Waals surface area contributed by atoms with Gasteiger partial charge >= 0.3 is 6.03 Å². The van der Waals surface area contributed by atoms with Crippen molar-refractivity contribution in [2.75, 3.05) is 18.4 Å². The van der Waals surface area contributed by atoms with Crippen molar-refractivity contribution in [1.29, 1.82) is 0 Å². The van der Waals surface area contributed by atoms with E-state index in [0.29, 0.717) is 28.8 Å². The molecule has 2 amide bonds. The van der Waals surface area contributed by atoms with Crippen LogP contribution in [0.15, 0.2) is 23.2 Å². The summed E-state index contributed by atoms with van der Waals surface area (Å²) < 4.78 is 0. The highest BCUT2D eigenvalue weighted by atomic mass is 35.5. The number of carbonyl (C=O) groups is 1. The normalized spacial score (nSPS) is 13.9. The number of rotatable bonds is 1. The summed E-state index contributed by atoms with van der Waals surface area (Å²) in [5, 5.41) is 3.54. The molecule has 1 aromatic carbocycles. The zero-order chi connectivity index (χ0) is 12.4. The Bertz CT molecular complexity index is 492. The molecule has 1 aromatic rings. The van der Waals surface area contributed by atoms with Gasteiger partial charge in [0.25, 0.3) is 0 Å². The minimum absolute atomic E-state index is 0. The van der Waals surface area contributed by atoms with Crippen molar-refractivity contribution >= 4 is 53.3 Å². The average Bonchev–Trinajstić information content (AvgIpc) is 2.70. The third-order valence-electron chi connectivity index (χ3n) is 2.29. The van der Waals surface area contributed by atoms with Crippen molar-refractivity contribution in [3.63, 3.8) is 0 Å². The van der Waals surface area contributed by atoms with Crippen LogP contribution in [0.1, 0.15) is 0 Å². The van der Waals surface area contributed by atoms with Gasteiger partial charge in [-0.15, -0.1) is 12.4 Å². The molecule has 0 saturated carbocycles. The van der Waals surface area contributed by atoms with Crippen LogP contribution in [-0.2, 0) is 0 Å². The molecule has 18 heavy (non-hydrogen) atoms. The second-order valence-electron chi connectivity index (χ2n) is 3.45. The van der Waals surface area contributed by atoms with E-state index in [-0.39, 0.29) is 24.4 Å². The maximum absolute atomic E-state index is 11.8. The fourth-order valence-corrected chi connectivity index (χ4v) is 1.78. The fourth-order valence-electron chi connectivity index (χ4n) is 1.45. The molecule has 5 nitrogen and oxygen atoms in total. The van der Waals surface area contributed by atoms with Gasteiger partial charge in [-0.3, -0.25) is 9.89 Å². The van der Waals surface area contributed by atoms with Crippen molar-refractivity contribution in [2.45, 2.75) is 0 Å². The van der Waals surface area contributed by atoms with Gasteiger partial charge in [0.05, 0.1) is 23.8 Å². The number of benzene rings is 1. The Morgan fingerprint density at radius 3 is 2.78 bits per heavy atom. The number of nitrogens with zero attached hydrogens (tertiary/aromatic N) is 2. The second-order valence-corrected chi connectivity index (χ2v) is 4.29. The maximum Gasteiger partial charge on any atom is 0.328 e. The number of halogens is 3. The summed E-state index contributed by atoms with van der Waals surface area (Å²) in [6.07, 6.45) is 0. The van der Waals surface area contributed by atoms with Crippen LogP contribution < -0.4 is 11.1 Å². The Balaban J connectivity index is 0.00000162. The molecule has 0 unspecified atom stereocenters. The van der Waals surface area contributed by atoms with Gasteiger partial charge in [-0.25, -0.2) is 4.79 Å². The van der Waals surface area contributed by atoms with E-state index in [4.69, 9.17) is 28.9 Å². The summed E-state index contributed by atoms with van der Waals surface area (Å²) in [7, 11) is 0. The van der Waals surface area contributed by atoms with Crippen LogP contribution in [-0.4, -0.2) is 30.0 Å². The monoisotopic (exact) mass is 308 g/mol. The van der Waals surface area contributed by atoms with Crippen molar-refractivity contribution in [3.05, 3.63) is 28.2 Å². The van der Waals surface area contributed by atoms with E-state index >= 15 is 0 Å². The van der Waals surface area contributed by atoms with Gasteiger partial charge in [-0.2, -0.15) is 0 Å². The molecule has 0 spiro atoms. The topological polar surface area (TPSA) is 70.7 Å². The molecule has 8 heteroatoms. The van der Waals surface area contributed by atoms with Crippen LogP contribution in [0.5, 0.6) is 0 Å². The van der Waals surface area contributed by atoms with Crippen LogP contribution in [0.3, 0.4) is 0 Å². The minimum Gasteiger partial charge on any atom is -0.369 e. The van der Waals surface area contributed by atoms with Crippen LogP contribution in [0, 0.1) is 0 Å². The molecule has 1 aliphatic rings. The highest BCUT2D eigenvalue weighted by Crippen LogP contribution is 2.25. The van der Waals surface area contributed by atoms with Gasteiger partial charge in [0.2, 0.25) is 0 Å². The van der Waals surface area contributed by atoms with E-state index in [0.717, 1.165) is 0 Å². The summed E-state index contributed by atoms with van der Waals surface area (Å²) in [6.45, 7) is 0.985. The zero-order valence-electron chi connectivity index (χ0n) is 9.19. The predicted molar refractivity (Wildman–Crippen MR) is 75.9 cm³/mol. The molecule has 0 saturated heterocycles. The number of anilines is 1. The second kappa shape index (κ2) is 6.13. The number of hydrogen-bond donors (Lipinski definition) is 2. The summed E-state index contributed by atoms with van der Waals surface area (Å²) in [5.74, 6) is 0.209. The van der Waals surface area contributed by atoms with Gasteiger partial charge in [0.1, 0.15) is 0 Å². The summed E-state index contributed by atoms with van der Waals surface area (Å²) in [5.41, 5.74) is 6.01. The lowest BCUT2D eigenvalue weighted by molar-refractivity contribution is 0.236. The smallest absolute Gasteiger partial charge is 0.328 e. The molecule has 0 fully saturated rings. The quantitative estimate of drug-likeness (QED) is 0.837. The van der Waals surface area contributed by atoms with E-state index < -0.39 is 0 Å². The Kier molecular flexibility index (Phi) is 5.07. The first kappa shape index (κ1) is 14.9. The first-order valence-corrected chi connectivity index (χ1v) is 5.67. The molecule has 0 aromatic heterocycles. The molecule has 0 aliphatic carbocycles. The lowest BCUT2D eigenvalue weighted by atomic mass is 10.3. The first-order valence-electron chi connectivity index (χ1n) is 4.91. The number of aliphatic imine (C=N–C) groups is 1. The summed E-state index contributed by atoms with van der Waals surface area (Å²) in [6, 6.07) is 4.46. The molecule has 1 aliphatic heterocycles. The van der Waals surface area contributed by atoms with Crippen molar-refractivity contribution in [2.24, 2.45) is 10.7 Å². The SMILES string of the molecule is Cl.NC1=NCCN1C(=O)Nc1cc(Cl)ccc1Cl. The molecule has 0 atom stereocenters. The Morgan fingerprint density at radius 2 is 2.17 bits per heavy atom. The largest absolute Gasteiger partial charge is 0.369 e. The molecule has 2 rings (SSSR count). The maximum atomic E-state index is 11.8. The molecule has 1 heterocycles. The lowest BCUT2D eigenvalue weighted by Gasteiger charge is -2.16. The van der Waals surface area contributed by atoms with E-state index in [1.807, 2.05) is 0 Å². The van der Waals surface area contributed by atoms with Gasteiger partial charge in [0, 0.05) is 5.02 Å². The number of carbonyl (C=O) groups excluding carboxylic acids is 1. The Morgan fingerprint density at radius 1 is 1.44 bits per heavy atom. The summed E-state index contributed by atoms with van der Waals surface area (Å²) in [4.78, 5) is 17.1. The third-order valence-corrected chi connectivity index (χ3v) is 2.85. The Hall–Kier alpha value is -1.17. The number of hydrogen-bond acceptors (Lipinski definition) is 3. The molecular formula is C10H11Cl3N4O. The number of amides is 2. The van der Waals surface area contributed by atoms with E-state index in [1.54, 1.807) is 18.2 Å².